The van der Waals surface area contributed by atoms with E-state index < -0.39 is 16.4 Å². The lowest BCUT2D eigenvalue weighted by atomic mass is 10.5. The number of aromatic carboxylic acids is 1. The zero-order valence-corrected chi connectivity index (χ0v) is 8.03. The van der Waals surface area contributed by atoms with Gasteiger partial charge in [0.25, 0.3) is 5.00 Å². The fraction of sp³-hybridized carbons (Fsp3) is 0.200. The molecule has 1 aromatic rings. The topological polar surface area (TPSA) is 79.0 Å². The Labute approximate surface area is 74.2 Å². The molecule has 0 aliphatic carbocycles. The molecule has 0 aromatic carbocycles. The standard InChI is InChI=1S/C5H5BrN2O2S/c1-11-3(7)2(4(9)10)8-5(11)6/h7H2,1H3. The van der Waals surface area contributed by atoms with Crippen LogP contribution in [-0.2, 0) is 6.26 Å². The summed E-state index contributed by atoms with van der Waals surface area (Å²) in [6, 6.07) is 0. The van der Waals surface area contributed by atoms with Crippen molar-refractivity contribution in [2.45, 2.75) is 0 Å². The van der Waals surface area contributed by atoms with Gasteiger partial charge in [-0.1, -0.05) is 0 Å². The number of halogens is 1. The maximum Gasteiger partial charge on any atom is 0.311 e. The van der Waals surface area contributed by atoms with Crippen LogP contribution < -0.4 is 10.8 Å². The summed E-state index contributed by atoms with van der Waals surface area (Å²) in [5, 5.41) is 10.6. The Morgan fingerprint density at radius 1 is 1.82 bits per heavy atom. The average molecular weight is 237 g/mol. The number of rotatable bonds is 1. The number of hydrogen-bond acceptors (Lipinski definition) is 4. The maximum absolute atomic E-state index is 10.3. The minimum atomic E-state index is -1.32. The normalized spacial score (nSPS) is 11.6. The second-order valence-electron chi connectivity index (χ2n) is 1.88. The van der Waals surface area contributed by atoms with E-state index in [0.717, 1.165) is 0 Å². The lowest BCUT2D eigenvalue weighted by Gasteiger charge is -1.92. The second kappa shape index (κ2) is 2.78. The van der Waals surface area contributed by atoms with Gasteiger partial charge in [0.05, 0.1) is 5.97 Å². The molecule has 0 radical (unpaired) electrons. The predicted octanol–water partition coefficient (Wildman–Crippen LogP) is 0.0759. The van der Waals surface area contributed by atoms with Gasteiger partial charge < -0.3 is 15.6 Å². The fourth-order valence-corrected chi connectivity index (χ4v) is 2.12. The van der Waals surface area contributed by atoms with Crippen LogP contribution in [0.15, 0.2) is 3.92 Å². The lowest BCUT2D eigenvalue weighted by molar-refractivity contribution is -0.255. The van der Waals surface area contributed by atoms with Crippen molar-refractivity contribution >= 4 is 37.4 Å². The van der Waals surface area contributed by atoms with Gasteiger partial charge in [-0.3, -0.25) is 0 Å². The fourth-order valence-electron chi connectivity index (χ4n) is 0.593. The molecule has 1 atom stereocenters. The number of carboxylic acid groups (broad SMARTS) is 1. The number of nitrogens with zero attached hydrogens (tertiary/aromatic N) is 1. The highest BCUT2D eigenvalue weighted by Crippen LogP contribution is 2.34. The van der Waals surface area contributed by atoms with E-state index in [1.807, 2.05) is 0 Å². The molecular weight excluding hydrogens is 232 g/mol. The van der Waals surface area contributed by atoms with Crippen LogP contribution in [0.25, 0.3) is 0 Å². The van der Waals surface area contributed by atoms with E-state index in [4.69, 9.17) is 5.73 Å². The molecule has 4 nitrogen and oxygen atoms in total. The Morgan fingerprint density at radius 2 is 2.36 bits per heavy atom. The number of thiazole rings is 1. The molecule has 6 heteroatoms. The molecular formula is C5H5BrN2O2S. The maximum atomic E-state index is 10.3. The summed E-state index contributed by atoms with van der Waals surface area (Å²) in [7, 11) is -0.410. The third-order valence-electron chi connectivity index (χ3n) is 1.21. The summed E-state index contributed by atoms with van der Waals surface area (Å²) in [6.45, 7) is 0. The zero-order chi connectivity index (χ0) is 8.59. The number of anilines is 1. The number of carbonyl (C=O) groups excluding carboxylic acids is 1. The molecule has 0 saturated carbocycles. The highest BCUT2D eigenvalue weighted by molar-refractivity contribution is 9.11. The molecule has 0 spiro atoms. The largest absolute Gasteiger partial charge is 0.543 e. The Morgan fingerprint density at radius 3 is 2.55 bits per heavy atom. The van der Waals surface area contributed by atoms with E-state index in [2.05, 4.69) is 20.9 Å². The van der Waals surface area contributed by atoms with E-state index in [9.17, 15) is 9.90 Å². The molecule has 0 bridgehead atoms. The molecule has 0 amide bonds. The van der Waals surface area contributed by atoms with Crippen molar-refractivity contribution in [1.82, 2.24) is 4.98 Å². The van der Waals surface area contributed by atoms with Crippen LogP contribution in [0.3, 0.4) is 0 Å². The molecule has 2 N–H and O–H groups in total. The average Bonchev–Trinajstić information content (AvgIpc) is 2.17. The van der Waals surface area contributed by atoms with Crippen LogP contribution in [0.4, 0.5) is 5.00 Å². The number of carboxylic acids is 1. The number of hydrogen-bond donors (Lipinski definition) is 1. The van der Waals surface area contributed by atoms with Crippen LogP contribution >= 0.6 is 26.4 Å². The first-order valence-corrected chi connectivity index (χ1v) is 5.08. The minimum absolute atomic E-state index is 0.150. The van der Waals surface area contributed by atoms with Gasteiger partial charge in [-0.15, -0.1) is 0 Å². The summed E-state index contributed by atoms with van der Waals surface area (Å²) >= 11 is 3.10. The van der Waals surface area contributed by atoms with Crippen molar-refractivity contribution in [2.24, 2.45) is 6.26 Å². The van der Waals surface area contributed by atoms with Crippen molar-refractivity contribution in [1.29, 1.82) is 0 Å². The van der Waals surface area contributed by atoms with Crippen LogP contribution in [0.2, 0.25) is 0 Å². The molecule has 1 heterocycles. The number of aromatic nitrogens is 1. The summed E-state index contributed by atoms with van der Waals surface area (Å²) in [5.41, 5.74) is 5.29. The van der Waals surface area contributed by atoms with Gasteiger partial charge in [0.1, 0.15) is 6.26 Å². The van der Waals surface area contributed by atoms with Gasteiger partial charge in [-0.2, -0.15) is 4.98 Å². The molecule has 0 saturated heterocycles. The first-order valence-electron chi connectivity index (χ1n) is 2.65. The first kappa shape index (κ1) is 8.48. The van der Waals surface area contributed by atoms with Gasteiger partial charge >= 0.3 is 3.92 Å². The number of nitrogen functional groups attached to an aromatic ring is 1. The smallest absolute Gasteiger partial charge is 0.311 e. The zero-order valence-electron chi connectivity index (χ0n) is 5.63. The van der Waals surface area contributed by atoms with Gasteiger partial charge in [0, 0.05) is 26.4 Å². The van der Waals surface area contributed by atoms with Crippen LogP contribution in [0, 0.1) is 0 Å². The van der Waals surface area contributed by atoms with E-state index in [-0.39, 0.29) is 10.7 Å². The van der Waals surface area contributed by atoms with E-state index in [0.29, 0.717) is 3.92 Å². The molecule has 0 aliphatic rings. The Hall–Kier alpha value is -0.620. The molecule has 1 aromatic heterocycles. The van der Waals surface area contributed by atoms with Gasteiger partial charge in [0.2, 0.25) is 0 Å². The quantitative estimate of drug-likeness (QED) is 0.701. The SMILES string of the molecule is C[s+]1c(Br)nc(C(=O)[O-])c1N. The molecule has 0 fully saturated rings. The molecule has 11 heavy (non-hydrogen) atoms. The predicted molar refractivity (Wildman–Crippen MR) is 44.1 cm³/mol. The van der Waals surface area contributed by atoms with Crippen LogP contribution in [-0.4, -0.2) is 11.0 Å². The van der Waals surface area contributed by atoms with Crippen LogP contribution in [0.5, 0.6) is 0 Å². The third kappa shape index (κ3) is 1.36. The van der Waals surface area contributed by atoms with E-state index in [1.54, 1.807) is 6.26 Å². The third-order valence-corrected chi connectivity index (χ3v) is 4.29. The van der Waals surface area contributed by atoms with Crippen LogP contribution in [0.1, 0.15) is 10.5 Å². The highest BCUT2D eigenvalue weighted by atomic mass is 79.9. The Bertz CT molecular complexity index is 310. The monoisotopic (exact) mass is 236 g/mol. The van der Waals surface area contributed by atoms with E-state index in [1.165, 1.54) is 0 Å². The molecule has 0 aliphatic heterocycles. The number of carbonyl (C=O) groups is 1. The summed E-state index contributed by atoms with van der Waals surface area (Å²) in [4.78, 5) is 14.0. The molecule has 1 unspecified atom stereocenters. The van der Waals surface area contributed by atoms with E-state index >= 15 is 0 Å². The molecule has 1 rings (SSSR count). The minimum Gasteiger partial charge on any atom is -0.543 e. The Kier molecular flexibility index (Phi) is 2.15. The van der Waals surface area contributed by atoms with Gasteiger partial charge in [-0.25, -0.2) is 0 Å². The number of nitrogens with two attached hydrogens (primary N) is 1. The van der Waals surface area contributed by atoms with Gasteiger partial charge in [0.15, 0.2) is 5.69 Å². The Balaban J connectivity index is 3.29. The summed E-state index contributed by atoms with van der Waals surface area (Å²) < 4.78 is 0.564. The highest BCUT2D eigenvalue weighted by Gasteiger charge is 2.20. The van der Waals surface area contributed by atoms with Gasteiger partial charge in [-0.05, 0) is 0 Å². The van der Waals surface area contributed by atoms with Crippen molar-refractivity contribution in [3.8, 4) is 0 Å². The first-order chi connectivity index (χ1) is 5.04. The second-order valence-corrected chi connectivity index (χ2v) is 5.00. The summed E-state index contributed by atoms with van der Waals surface area (Å²) in [6.07, 6.45) is 1.79. The lowest BCUT2D eigenvalue weighted by Crippen LogP contribution is -2.23. The summed E-state index contributed by atoms with van der Waals surface area (Å²) in [5.74, 6) is -1.32. The van der Waals surface area contributed by atoms with Crippen molar-refractivity contribution in [3.05, 3.63) is 9.61 Å². The van der Waals surface area contributed by atoms with Crippen molar-refractivity contribution < 1.29 is 9.90 Å². The molecule has 60 valence electrons. The van der Waals surface area contributed by atoms with Crippen molar-refractivity contribution in [2.75, 3.05) is 5.73 Å². The van der Waals surface area contributed by atoms with Crippen molar-refractivity contribution in [3.63, 3.8) is 0 Å².